The number of amides is 1. The Hall–Kier alpha value is -1.16. The number of thioether (sulfide) groups is 1. The van der Waals surface area contributed by atoms with Crippen molar-refractivity contribution in [2.45, 2.75) is 44.4 Å². The topological polar surface area (TPSA) is 49.3 Å². The van der Waals surface area contributed by atoms with Crippen LogP contribution < -0.4 is 5.32 Å². The zero-order valence-corrected chi connectivity index (χ0v) is 12.3. The lowest BCUT2D eigenvalue weighted by atomic mass is 10.1. The number of benzene rings is 1. The Balaban J connectivity index is 1.92. The summed E-state index contributed by atoms with van der Waals surface area (Å²) in [6.45, 7) is 3.98. The molecule has 1 aromatic carbocycles. The second-order valence-electron chi connectivity index (χ2n) is 5.06. The number of aromatic hydroxyl groups is 1. The molecule has 0 bridgehead atoms. The second-order valence-corrected chi connectivity index (χ2v) is 6.64. The number of hydrogen-bond donors (Lipinski definition) is 2. The van der Waals surface area contributed by atoms with Crippen LogP contribution in [-0.2, 0) is 0 Å². The van der Waals surface area contributed by atoms with Crippen LogP contribution in [0.5, 0.6) is 5.75 Å². The molecule has 1 aliphatic rings. The molecule has 0 heterocycles. The maximum absolute atomic E-state index is 12.1. The minimum absolute atomic E-state index is 0.0322. The van der Waals surface area contributed by atoms with E-state index in [9.17, 15) is 9.90 Å². The lowest BCUT2D eigenvalue weighted by Gasteiger charge is -2.13. The van der Waals surface area contributed by atoms with Gasteiger partial charge in [-0.05, 0) is 55.7 Å². The summed E-state index contributed by atoms with van der Waals surface area (Å²) in [6, 6.07) is 5.28. The van der Waals surface area contributed by atoms with Crippen molar-refractivity contribution >= 4 is 17.7 Å². The fourth-order valence-corrected chi connectivity index (χ4v) is 3.67. The molecule has 0 saturated heterocycles. The van der Waals surface area contributed by atoms with Crippen molar-refractivity contribution in [2.24, 2.45) is 0 Å². The summed E-state index contributed by atoms with van der Waals surface area (Å²) in [7, 11) is 0. The lowest BCUT2D eigenvalue weighted by Crippen LogP contribution is -2.33. The van der Waals surface area contributed by atoms with E-state index in [0.29, 0.717) is 16.9 Å². The fourth-order valence-electron chi connectivity index (χ4n) is 2.52. The molecule has 1 fully saturated rings. The Bertz CT molecular complexity index is 461. The van der Waals surface area contributed by atoms with E-state index in [1.807, 2.05) is 11.8 Å². The highest BCUT2D eigenvalue weighted by atomic mass is 32.2. The van der Waals surface area contributed by atoms with Gasteiger partial charge in [0.25, 0.3) is 5.91 Å². The van der Waals surface area contributed by atoms with Crippen LogP contribution in [0.2, 0.25) is 0 Å². The largest absolute Gasteiger partial charge is 0.508 e. The first kappa shape index (κ1) is 14.3. The molecular formula is C15H21NO2S. The quantitative estimate of drug-likeness (QED) is 0.890. The summed E-state index contributed by atoms with van der Waals surface area (Å²) in [5, 5.41) is 13.3. The standard InChI is InChI=1S/C15H21NO2S/c1-3-19-13-6-5-12(9-13)16-15(18)11-4-7-14(17)10(2)8-11/h4,7-8,12-13,17H,3,5-6,9H2,1-2H3,(H,16,18). The zero-order valence-electron chi connectivity index (χ0n) is 11.5. The average Bonchev–Trinajstić information content (AvgIpc) is 2.80. The molecule has 2 unspecified atom stereocenters. The van der Waals surface area contributed by atoms with Crippen LogP contribution in [0.15, 0.2) is 18.2 Å². The molecule has 1 aliphatic carbocycles. The van der Waals surface area contributed by atoms with Crippen molar-refractivity contribution in [3.05, 3.63) is 29.3 Å². The predicted molar refractivity (Wildman–Crippen MR) is 79.9 cm³/mol. The number of phenolic OH excluding ortho intramolecular Hbond substituents is 1. The summed E-state index contributed by atoms with van der Waals surface area (Å²) in [5.74, 6) is 1.34. The first-order valence-electron chi connectivity index (χ1n) is 6.82. The van der Waals surface area contributed by atoms with Crippen LogP contribution in [0.3, 0.4) is 0 Å². The van der Waals surface area contributed by atoms with E-state index in [4.69, 9.17) is 0 Å². The van der Waals surface area contributed by atoms with Crippen molar-refractivity contribution < 1.29 is 9.90 Å². The maximum atomic E-state index is 12.1. The van der Waals surface area contributed by atoms with E-state index in [2.05, 4.69) is 12.2 Å². The Morgan fingerprint density at radius 3 is 2.95 bits per heavy atom. The SMILES string of the molecule is CCSC1CCC(NC(=O)c2ccc(O)c(C)c2)C1. The molecule has 0 radical (unpaired) electrons. The monoisotopic (exact) mass is 279 g/mol. The predicted octanol–water partition coefficient (Wildman–Crippen LogP) is 3.10. The highest BCUT2D eigenvalue weighted by Crippen LogP contribution is 2.29. The van der Waals surface area contributed by atoms with E-state index in [1.165, 1.54) is 6.42 Å². The van der Waals surface area contributed by atoms with Crippen LogP contribution in [0, 0.1) is 6.92 Å². The van der Waals surface area contributed by atoms with Crippen molar-refractivity contribution in [1.82, 2.24) is 5.32 Å². The zero-order chi connectivity index (χ0) is 13.8. The molecule has 2 rings (SSSR count). The third-order valence-electron chi connectivity index (χ3n) is 3.58. The van der Waals surface area contributed by atoms with Gasteiger partial charge < -0.3 is 10.4 Å². The summed E-state index contributed by atoms with van der Waals surface area (Å²) < 4.78 is 0. The normalized spacial score (nSPS) is 22.4. The molecule has 0 aromatic heterocycles. The summed E-state index contributed by atoms with van der Waals surface area (Å²) >= 11 is 1.99. The van der Waals surface area contributed by atoms with E-state index in [-0.39, 0.29) is 11.7 Å². The number of rotatable bonds is 4. The van der Waals surface area contributed by atoms with Gasteiger partial charge in [0.2, 0.25) is 0 Å². The van der Waals surface area contributed by atoms with E-state index < -0.39 is 0 Å². The number of carbonyl (C=O) groups is 1. The highest BCUT2D eigenvalue weighted by molar-refractivity contribution is 7.99. The van der Waals surface area contributed by atoms with Gasteiger partial charge in [-0.3, -0.25) is 4.79 Å². The number of aryl methyl sites for hydroxylation is 1. The van der Waals surface area contributed by atoms with Gasteiger partial charge in [-0.15, -0.1) is 0 Å². The van der Waals surface area contributed by atoms with Crippen LogP contribution >= 0.6 is 11.8 Å². The second kappa shape index (κ2) is 6.33. The Morgan fingerprint density at radius 2 is 2.26 bits per heavy atom. The highest BCUT2D eigenvalue weighted by Gasteiger charge is 2.26. The smallest absolute Gasteiger partial charge is 0.251 e. The minimum Gasteiger partial charge on any atom is -0.508 e. The number of phenols is 1. The first-order valence-corrected chi connectivity index (χ1v) is 7.87. The average molecular weight is 279 g/mol. The van der Waals surface area contributed by atoms with Crippen molar-refractivity contribution in [1.29, 1.82) is 0 Å². The molecule has 0 spiro atoms. The summed E-state index contributed by atoms with van der Waals surface area (Å²) in [4.78, 5) is 12.1. The molecular weight excluding hydrogens is 258 g/mol. The van der Waals surface area contributed by atoms with Gasteiger partial charge in [-0.1, -0.05) is 6.92 Å². The van der Waals surface area contributed by atoms with Gasteiger partial charge in [0.05, 0.1) is 0 Å². The van der Waals surface area contributed by atoms with E-state index in [1.54, 1.807) is 25.1 Å². The molecule has 2 atom stereocenters. The molecule has 2 N–H and O–H groups in total. The molecule has 4 heteroatoms. The van der Waals surface area contributed by atoms with Gasteiger partial charge in [-0.2, -0.15) is 11.8 Å². The Labute approximate surface area is 118 Å². The van der Waals surface area contributed by atoms with Crippen LogP contribution in [-0.4, -0.2) is 28.1 Å². The van der Waals surface area contributed by atoms with Crippen LogP contribution in [0.25, 0.3) is 0 Å². The molecule has 1 amide bonds. The van der Waals surface area contributed by atoms with Crippen molar-refractivity contribution in [3.63, 3.8) is 0 Å². The third kappa shape index (κ3) is 3.66. The molecule has 0 aliphatic heterocycles. The molecule has 1 aromatic rings. The lowest BCUT2D eigenvalue weighted by molar-refractivity contribution is 0.0938. The Kier molecular flexibility index (Phi) is 4.75. The maximum Gasteiger partial charge on any atom is 0.251 e. The van der Waals surface area contributed by atoms with Crippen molar-refractivity contribution in [2.75, 3.05) is 5.75 Å². The van der Waals surface area contributed by atoms with Crippen LogP contribution in [0.4, 0.5) is 0 Å². The molecule has 19 heavy (non-hydrogen) atoms. The van der Waals surface area contributed by atoms with Gasteiger partial charge in [-0.25, -0.2) is 0 Å². The molecule has 104 valence electrons. The van der Waals surface area contributed by atoms with Gasteiger partial charge in [0, 0.05) is 16.9 Å². The van der Waals surface area contributed by atoms with Gasteiger partial charge >= 0.3 is 0 Å². The van der Waals surface area contributed by atoms with Crippen LogP contribution in [0.1, 0.15) is 42.1 Å². The summed E-state index contributed by atoms with van der Waals surface area (Å²) in [5.41, 5.74) is 1.36. The van der Waals surface area contributed by atoms with E-state index >= 15 is 0 Å². The summed E-state index contributed by atoms with van der Waals surface area (Å²) in [6.07, 6.45) is 3.33. The van der Waals surface area contributed by atoms with Crippen molar-refractivity contribution in [3.8, 4) is 5.75 Å². The number of nitrogens with one attached hydrogen (secondary N) is 1. The number of hydrogen-bond acceptors (Lipinski definition) is 3. The van der Waals surface area contributed by atoms with Gasteiger partial charge in [0.15, 0.2) is 0 Å². The minimum atomic E-state index is -0.0322. The molecule has 3 nitrogen and oxygen atoms in total. The van der Waals surface area contributed by atoms with E-state index in [0.717, 1.165) is 24.2 Å². The number of carbonyl (C=O) groups excluding carboxylic acids is 1. The fraction of sp³-hybridized carbons (Fsp3) is 0.533. The third-order valence-corrected chi connectivity index (χ3v) is 4.81. The Morgan fingerprint density at radius 1 is 1.47 bits per heavy atom. The first-order chi connectivity index (χ1) is 9.10. The van der Waals surface area contributed by atoms with Gasteiger partial charge in [0.1, 0.15) is 5.75 Å². The molecule has 1 saturated carbocycles.